The first-order valence-electron chi connectivity index (χ1n) is 8.20. The van der Waals surface area contributed by atoms with Crippen molar-refractivity contribution in [3.8, 4) is 0 Å². The lowest BCUT2D eigenvalue weighted by molar-refractivity contribution is 0.203. The van der Waals surface area contributed by atoms with Gasteiger partial charge in [0.15, 0.2) is 11.6 Å². The minimum absolute atomic E-state index is 0.112. The third-order valence-electron chi connectivity index (χ3n) is 4.68. The summed E-state index contributed by atoms with van der Waals surface area (Å²) in [6.07, 6.45) is 3.52. The number of benzene rings is 1. The number of nitrogens with two attached hydrogens (primary N) is 1. The summed E-state index contributed by atoms with van der Waals surface area (Å²) < 4.78 is 40.0. The second-order valence-electron chi connectivity index (χ2n) is 6.49. The molecule has 1 aliphatic carbocycles. The molecule has 1 heterocycles. The normalized spacial score (nSPS) is 20.6. The van der Waals surface area contributed by atoms with Crippen LogP contribution in [0.3, 0.4) is 0 Å². The Morgan fingerprint density at radius 1 is 1.20 bits per heavy atom. The molecule has 3 rings (SSSR count). The first kappa shape index (κ1) is 17.5. The average Bonchev–Trinajstić information content (AvgIpc) is 2.56. The number of nitrogens with one attached hydrogen (secondary N) is 1. The summed E-state index contributed by atoms with van der Waals surface area (Å²) >= 11 is 0. The number of aromatic nitrogens is 1. The Morgan fingerprint density at radius 2 is 1.92 bits per heavy atom. The van der Waals surface area contributed by atoms with E-state index in [1.807, 2.05) is 18.2 Å². The molecular formula is C19H20F3N3. The van der Waals surface area contributed by atoms with Crippen LogP contribution in [0.25, 0.3) is 5.70 Å². The fourth-order valence-corrected chi connectivity index (χ4v) is 3.13. The summed E-state index contributed by atoms with van der Waals surface area (Å²) in [5.74, 6) is -2.80. The highest BCUT2D eigenvalue weighted by Gasteiger charge is 2.34. The van der Waals surface area contributed by atoms with Crippen molar-refractivity contribution in [1.82, 2.24) is 10.3 Å². The molecule has 1 atom stereocenters. The lowest BCUT2D eigenvalue weighted by atomic mass is 9.74. The minimum atomic E-state index is -1.18. The monoisotopic (exact) mass is 347 g/mol. The molecule has 0 amide bonds. The maximum Gasteiger partial charge on any atom is 0.161 e. The first-order valence-corrected chi connectivity index (χ1v) is 8.20. The van der Waals surface area contributed by atoms with Gasteiger partial charge in [-0.25, -0.2) is 13.2 Å². The van der Waals surface area contributed by atoms with Crippen LogP contribution in [0.15, 0.2) is 43.1 Å². The van der Waals surface area contributed by atoms with Crippen molar-refractivity contribution in [2.24, 2.45) is 11.7 Å². The van der Waals surface area contributed by atoms with Crippen LogP contribution in [0.1, 0.15) is 24.1 Å². The molecule has 0 radical (unpaired) electrons. The molecule has 1 unspecified atom stereocenters. The maximum atomic E-state index is 13.7. The summed E-state index contributed by atoms with van der Waals surface area (Å²) in [5, 5.41) is 3.31. The van der Waals surface area contributed by atoms with Gasteiger partial charge < -0.3 is 11.1 Å². The molecule has 3 N–H and O–H groups in total. The van der Waals surface area contributed by atoms with Crippen molar-refractivity contribution < 1.29 is 13.2 Å². The van der Waals surface area contributed by atoms with Crippen molar-refractivity contribution >= 4 is 5.70 Å². The van der Waals surface area contributed by atoms with E-state index in [1.54, 1.807) is 6.20 Å². The molecular weight excluding hydrogens is 327 g/mol. The molecule has 0 spiro atoms. The van der Waals surface area contributed by atoms with Crippen molar-refractivity contribution in [2.45, 2.75) is 31.3 Å². The van der Waals surface area contributed by atoms with Crippen LogP contribution in [0, 0.1) is 23.4 Å². The summed E-state index contributed by atoms with van der Waals surface area (Å²) in [6.45, 7) is 3.98. The van der Waals surface area contributed by atoms with Crippen molar-refractivity contribution in [1.29, 1.82) is 0 Å². The summed E-state index contributed by atoms with van der Waals surface area (Å²) in [4.78, 5) is 4.23. The number of halogens is 3. The molecule has 1 aromatic carbocycles. The molecule has 132 valence electrons. The van der Waals surface area contributed by atoms with Gasteiger partial charge in [-0.1, -0.05) is 12.6 Å². The van der Waals surface area contributed by atoms with E-state index < -0.39 is 17.5 Å². The van der Waals surface area contributed by atoms with Gasteiger partial charge in [0, 0.05) is 24.3 Å². The van der Waals surface area contributed by atoms with Gasteiger partial charge in [0.2, 0.25) is 0 Å². The quantitative estimate of drug-likeness (QED) is 0.788. The van der Waals surface area contributed by atoms with E-state index in [9.17, 15) is 13.2 Å². The Morgan fingerprint density at radius 3 is 2.60 bits per heavy atom. The smallest absolute Gasteiger partial charge is 0.161 e. The summed E-state index contributed by atoms with van der Waals surface area (Å²) in [7, 11) is 0. The zero-order chi connectivity index (χ0) is 18.0. The van der Waals surface area contributed by atoms with Gasteiger partial charge in [-0.3, -0.25) is 4.98 Å². The molecule has 1 fully saturated rings. The third-order valence-corrected chi connectivity index (χ3v) is 4.68. The van der Waals surface area contributed by atoms with E-state index in [1.165, 1.54) is 0 Å². The summed E-state index contributed by atoms with van der Waals surface area (Å²) in [5.41, 5.74) is 7.78. The van der Waals surface area contributed by atoms with Gasteiger partial charge in [0.1, 0.15) is 5.82 Å². The molecule has 0 aliphatic heterocycles. The molecule has 2 aromatic rings. The largest absolute Gasteiger partial charge is 0.381 e. The van der Waals surface area contributed by atoms with Crippen LogP contribution in [-0.2, 0) is 6.42 Å². The molecule has 0 bridgehead atoms. The van der Waals surface area contributed by atoms with Crippen LogP contribution >= 0.6 is 0 Å². The number of hydrogen-bond acceptors (Lipinski definition) is 3. The molecule has 6 heteroatoms. The zero-order valence-electron chi connectivity index (χ0n) is 13.7. The molecule has 0 saturated heterocycles. The Balaban J connectivity index is 1.51. The molecule has 3 nitrogen and oxygen atoms in total. The van der Waals surface area contributed by atoms with Crippen LogP contribution in [0.5, 0.6) is 0 Å². The van der Waals surface area contributed by atoms with Crippen LogP contribution in [-0.4, -0.2) is 17.1 Å². The van der Waals surface area contributed by atoms with Gasteiger partial charge >= 0.3 is 0 Å². The van der Waals surface area contributed by atoms with E-state index in [-0.39, 0.29) is 30.0 Å². The second kappa shape index (κ2) is 7.27. The van der Waals surface area contributed by atoms with E-state index in [4.69, 9.17) is 5.73 Å². The zero-order valence-corrected chi connectivity index (χ0v) is 13.7. The highest BCUT2D eigenvalue weighted by Crippen LogP contribution is 2.32. The third kappa shape index (κ3) is 4.02. The van der Waals surface area contributed by atoms with E-state index in [0.717, 1.165) is 30.3 Å². The Labute approximate surface area is 144 Å². The van der Waals surface area contributed by atoms with Crippen LogP contribution < -0.4 is 11.1 Å². The Hall–Kier alpha value is -2.34. The second-order valence-corrected chi connectivity index (χ2v) is 6.49. The topological polar surface area (TPSA) is 50.9 Å². The fraction of sp³-hybridized carbons (Fsp3) is 0.316. The molecule has 1 aliphatic rings. The Bertz CT molecular complexity index is 758. The van der Waals surface area contributed by atoms with E-state index in [0.29, 0.717) is 6.07 Å². The van der Waals surface area contributed by atoms with E-state index in [2.05, 4.69) is 16.9 Å². The number of rotatable bonds is 6. The summed E-state index contributed by atoms with van der Waals surface area (Å²) in [6, 6.07) is 7.00. The van der Waals surface area contributed by atoms with Crippen molar-refractivity contribution in [3.05, 3.63) is 71.8 Å². The number of nitrogens with zero attached hydrogens (tertiary/aromatic N) is 1. The highest BCUT2D eigenvalue weighted by molar-refractivity contribution is 5.58. The number of hydrogen-bond donors (Lipinski definition) is 2. The van der Waals surface area contributed by atoms with Gasteiger partial charge in [-0.05, 0) is 48.9 Å². The maximum absolute atomic E-state index is 13.7. The molecule has 1 saturated carbocycles. The fourth-order valence-electron chi connectivity index (χ4n) is 3.13. The Kier molecular flexibility index (Phi) is 5.08. The van der Waals surface area contributed by atoms with Crippen LogP contribution in [0.4, 0.5) is 13.2 Å². The van der Waals surface area contributed by atoms with Crippen LogP contribution in [0.2, 0.25) is 0 Å². The minimum Gasteiger partial charge on any atom is -0.381 e. The molecule has 25 heavy (non-hydrogen) atoms. The number of pyridine rings is 1. The van der Waals surface area contributed by atoms with Gasteiger partial charge in [-0.2, -0.15) is 0 Å². The van der Waals surface area contributed by atoms with Crippen molar-refractivity contribution in [3.63, 3.8) is 0 Å². The van der Waals surface area contributed by atoms with Crippen molar-refractivity contribution in [2.75, 3.05) is 0 Å². The SMILES string of the molecule is C=C(NC1CC(C(N)Cc2cc(F)c(F)cc2F)C1)c1ccccn1. The first-order chi connectivity index (χ1) is 11.9. The standard InChI is InChI=1S/C19H20F3N3/c1-11(19-4-2-3-5-24-19)25-14-6-13(7-14)18(23)9-12-8-16(21)17(22)10-15(12)20/h2-5,8,10,13-14,18,25H,1,6-7,9,23H2. The lowest BCUT2D eigenvalue weighted by Gasteiger charge is -2.40. The lowest BCUT2D eigenvalue weighted by Crippen LogP contribution is -2.48. The van der Waals surface area contributed by atoms with E-state index >= 15 is 0 Å². The predicted molar refractivity (Wildman–Crippen MR) is 90.9 cm³/mol. The molecule has 1 aromatic heterocycles. The highest BCUT2D eigenvalue weighted by atomic mass is 19.2. The van der Waals surface area contributed by atoms with Gasteiger partial charge in [0.25, 0.3) is 0 Å². The van der Waals surface area contributed by atoms with Gasteiger partial charge in [0.05, 0.1) is 11.4 Å². The predicted octanol–water partition coefficient (Wildman–Crippen LogP) is 3.41. The van der Waals surface area contributed by atoms with Gasteiger partial charge in [-0.15, -0.1) is 0 Å². The average molecular weight is 347 g/mol.